The van der Waals surface area contributed by atoms with Crippen LogP contribution in [-0.2, 0) is 4.79 Å². The zero-order valence-corrected chi connectivity index (χ0v) is 13.3. The Labute approximate surface area is 139 Å². The minimum atomic E-state index is -0.697. The molecule has 0 radical (unpaired) electrons. The molecule has 5 nitrogen and oxygen atoms in total. The number of anilines is 1. The number of halogens is 1. The van der Waals surface area contributed by atoms with E-state index in [4.69, 9.17) is 22.1 Å². The van der Waals surface area contributed by atoms with E-state index in [9.17, 15) is 9.59 Å². The highest BCUT2D eigenvalue weighted by atomic mass is 35.5. The van der Waals surface area contributed by atoms with E-state index in [0.717, 1.165) is 0 Å². The number of primary amides is 1. The van der Waals surface area contributed by atoms with E-state index >= 15 is 0 Å². The van der Waals surface area contributed by atoms with Crippen LogP contribution in [-0.4, -0.2) is 17.9 Å². The highest BCUT2D eigenvalue weighted by Crippen LogP contribution is 2.19. The Morgan fingerprint density at radius 3 is 2.43 bits per heavy atom. The molecule has 6 heteroatoms. The maximum atomic E-state index is 12.4. The van der Waals surface area contributed by atoms with Crippen LogP contribution < -0.4 is 15.8 Å². The molecule has 0 fully saturated rings. The number of rotatable bonds is 6. The first-order valence-electron chi connectivity index (χ1n) is 7.13. The molecule has 2 rings (SSSR count). The fourth-order valence-electron chi connectivity index (χ4n) is 2.02. The van der Waals surface area contributed by atoms with Gasteiger partial charge in [0.25, 0.3) is 11.8 Å². The molecular formula is C17H17ClN2O3. The van der Waals surface area contributed by atoms with E-state index in [0.29, 0.717) is 22.9 Å². The van der Waals surface area contributed by atoms with Crippen molar-refractivity contribution in [2.45, 2.75) is 19.4 Å². The lowest BCUT2D eigenvalue weighted by Gasteiger charge is -2.18. The molecule has 0 saturated heterocycles. The average Bonchev–Trinajstić information content (AvgIpc) is 2.54. The van der Waals surface area contributed by atoms with Gasteiger partial charge < -0.3 is 15.8 Å². The lowest BCUT2D eigenvalue weighted by atomic mass is 10.1. The van der Waals surface area contributed by atoms with Crippen LogP contribution in [0.2, 0.25) is 5.02 Å². The predicted molar refractivity (Wildman–Crippen MR) is 89.7 cm³/mol. The van der Waals surface area contributed by atoms with Crippen LogP contribution in [0.1, 0.15) is 23.7 Å². The molecule has 23 heavy (non-hydrogen) atoms. The Morgan fingerprint density at radius 1 is 1.17 bits per heavy atom. The standard InChI is InChI=1S/C17H17ClN2O3/c1-2-15(23-12-9-7-11(18)8-10-12)17(22)20-14-6-4-3-5-13(14)16(19)21/h3-10,15H,2H2,1H3,(H2,19,21)(H,20,22)/t15-/m0/s1. The van der Waals surface area contributed by atoms with Crippen LogP contribution in [0.4, 0.5) is 5.69 Å². The Balaban J connectivity index is 2.11. The number of amides is 2. The number of hydrogen-bond donors (Lipinski definition) is 2. The fourth-order valence-corrected chi connectivity index (χ4v) is 2.15. The molecule has 0 heterocycles. The van der Waals surface area contributed by atoms with Crippen molar-refractivity contribution in [1.82, 2.24) is 0 Å². The summed E-state index contributed by atoms with van der Waals surface area (Å²) in [6.07, 6.45) is -0.232. The number of nitrogens with one attached hydrogen (secondary N) is 1. The van der Waals surface area contributed by atoms with Crippen molar-refractivity contribution < 1.29 is 14.3 Å². The smallest absolute Gasteiger partial charge is 0.265 e. The summed E-state index contributed by atoms with van der Waals surface area (Å²) in [6.45, 7) is 1.83. The van der Waals surface area contributed by atoms with Crippen LogP contribution >= 0.6 is 11.6 Å². The van der Waals surface area contributed by atoms with Gasteiger partial charge in [-0.2, -0.15) is 0 Å². The van der Waals surface area contributed by atoms with Gasteiger partial charge in [0.15, 0.2) is 6.10 Å². The molecule has 0 aromatic heterocycles. The molecule has 3 N–H and O–H groups in total. The van der Waals surface area contributed by atoms with Gasteiger partial charge in [-0.25, -0.2) is 0 Å². The van der Waals surface area contributed by atoms with Gasteiger partial charge in [0.1, 0.15) is 5.75 Å². The molecule has 0 aliphatic heterocycles. The third-order valence-corrected chi connectivity index (χ3v) is 3.46. The second-order valence-electron chi connectivity index (χ2n) is 4.87. The molecule has 0 aliphatic carbocycles. The average molecular weight is 333 g/mol. The van der Waals surface area contributed by atoms with Crippen molar-refractivity contribution in [3.8, 4) is 5.75 Å². The minimum absolute atomic E-state index is 0.252. The second-order valence-corrected chi connectivity index (χ2v) is 5.30. The summed E-state index contributed by atoms with van der Waals surface area (Å²) in [6, 6.07) is 13.3. The number of benzene rings is 2. The van der Waals surface area contributed by atoms with Gasteiger partial charge in [-0.05, 0) is 42.8 Å². The summed E-state index contributed by atoms with van der Waals surface area (Å²) in [5, 5.41) is 3.27. The lowest BCUT2D eigenvalue weighted by Crippen LogP contribution is -2.33. The molecule has 0 aliphatic rings. The van der Waals surface area contributed by atoms with E-state index in [1.807, 2.05) is 6.92 Å². The van der Waals surface area contributed by atoms with E-state index in [-0.39, 0.29) is 11.5 Å². The predicted octanol–water partition coefficient (Wildman–Crippen LogP) is 3.24. The monoisotopic (exact) mass is 332 g/mol. The number of carbonyl (C=O) groups is 2. The fraction of sp³-hybridized carbons (Fsp3) is 0.176. The normalized spacial score (nSPS) is 11.6. The van der Waals surface area contributed by atoms with Crippen LogP contribution in [0, 0.1) is 0 Å². The Bertz CT molecular complexity index is 701. The zero-order chi connectivity index (χ0) is 16.8. The first kappa shape index (κ1) is 16.8. The molecule has 2 amide bonds. The van der Waals surface area contributed by atoms with Gasteiger partial charge in [-0.3, -0.25) is 9.59 Å². The van der Waals surface area contributed by atoms with Crippen molar-refractivity contribution in [3.63, 3.8) is 0 Å². The summed E-state index contributed by atoms with van der Waals surface area (Å²) < 4.78 is 5.67. The Kier molecular flexibility index (Phi) is 5.60. The molecule has 0 saturated carbocycles. The lowest BCUT2D eigenvalue weighted by molar-refractivity contribution is -0.122. The van der Waals surface area contributed by atoms with Gasteiger partial charge in [0.2, 0.25) is 0 Å². The largest absolute Gasteiger partial charge is 0.481 e. The van der Waals surface area contributed by atoms with Crippen molar-refractivity contribution >= 4 is 29.1 Å². The van der Waals surface area contributed by atoms with Crippen LogP contribution in [0.25, 0.3) is 0 Å². The van der Waals surface area contributed by atoms with Crippen LogP contribution in [0.3, 0.4) is 0 Å². The van der Waals surface area contributed by atoms with E-state index in [1.165, 1.54) is 0 Å². The maximum Gasteiger partial charge on any atom is 0.265 e. The molecule has 0 spiro atoms. The number of para-hydroxylation sites is 1. The first-order chi connectivity index (χ1) is 11.0. The molecular weight excluding hydrogens is 316 g/mol. The van der Waals surface area contributed by atoms with Crippen molar-refractivity contribution in [3.05, 3.63) is 59.1 Å². The van der Waals surface area contributed by atoms with Gasteiger partial charge in [0, 0.05) is 5.02 Å². The van der Waals surface area contributed by atoms with Gasteiger partial charge in [-0.1, -0.05) is 30.7 Å². The van der Waals surface area contributed by atoms with Crippen LogP contribution in [0.15, 0.2) is 48.5 Å². The highest BCUT2D eigenvalue weighted by Gasteiger charge is 2.20. The maximum absolute atomic E-state index is 12.4. The summed E-state index contributed by atoms with van der Waals surface area (Å²) in [7, 11) is 0. The van der Waals surface area contributed by atoms with Gasteiger partial charge in [0.05, 0.1) is 11.3 Å². The minimum Gasteiger partial charge on any atom is -0.481 e. The Morgan fingerprint density at radius 2 is 1.83 bits per heavy atom. The molecule has 2 aromatic carbocycles. The third-order valence-electron chi connectivity index (χ3n) is 3.21. The van der Waals surface area contributed by atoms with Crippen molar-refractivity contribution in [2.24, 2.45) is 5.73 Å². The molecule has 2 aromatic rings. The SMILES string of the molecule is CC[C@H](Oc1ccc(Cl)cc1)C(=O)Nc1ccccc1C(N)=O. The third kappa shape index (κ3) is 4.47. The van der Waals surface area contributed by atoms with Gasteiger partial charge >= 0.3 is 0 Å². The summed E-state index contributed by atoms with van der Waals surface area (Å²) >= 11 is 5.82. The van der Waals surface area contributed by atoms with E-state index in [2.05, 4.69) is 5.32 Å². The Hall–Kier alpha value is -2.53. The summed E-state index contributed by atoms with van der Waals surface area (Å²) in [5.74, 6) is -0.414. The molecule has 0 unspecified atom stereocenters. The molecule has 1 atom stereocenters. The van der Waals surface area contributed by atoms with Crippen molar-refractivity contribution in [1.29, 1.82) is 0 Å². The second kappa shape index (κ2) is 7.65. The highest BCUT2D eigenvalue weighted by molar-refractivity contribution is 6.30. The summed E-state index contributed by atoms with van der Waals surface area (Å²) in [4.78, 5) is 23.8. The zero-order valence-electron chi connectivity index (χ0n) is 12.6. The number of hydrogen-bond acceptors (Lipinski definition) is 3. The summed E-state index contributed by atoms with van der Waals surface area (Å²) in [5.41, 5.74) is 5.92. The van der Waals surface area contributed by atoms with E-state index < -0.39 is 12.0 Å². The first-order valence-corrected chi connectivity index (χ1v) is 7.51. The number of nitrogens with two attached hydrogens (primary N) is 1. The van der Waals surface area contributed by atoms with Crippen LogP contribution in [0.5, 0.6) is 5.75 Å². The number of ether oxygens (including phenoxy) is 1. The topological polar surface area (TPSA) is 81.4 Å². The number of carbonyl (C=O) groups excluding carboxylic acids is 2. The molecule has 0 bridgehead atoms. The molecule has 120 valence electrons. The van der Waals surface area contributed by atoms with Crippen molar-refractivity contribution in [2.75, 3.05) is 5.32 Å². The van der Waals surface area contributed by atoms with Gasteiger partial charge in [-0.15, -0.1) is 0 Å². The quantitative estimate of drug-likeness (QED) is 0.852. The van der Waals surface area contributed by atoms with E-state index in [1.54, 1.807) is 48.5 Å².